The minimum atomic E-state index is -1.20. The van der Waals surface area contributed by atoms with E-state index in [9.17, 15) is 24.4 Å². The van der Waals surface area contributed by atoms with E-state index < -0.39 is 22.8 Å². The summed E-state index contributed by atoms with van der Waals surface area (Å²) < 4.78 is 13.5. The van der Waals surface area contributed by atoms with E-state index >= 15 is 0 Å². The predicted molar refractivity (Wildman–Crippen MR) is 76.8 cm³/mol. The van der Waals surface area contributed by atoms with Crippen molar-refractivity contribution in [3.8, 4) is 0 Å². The molecule has 0 saturated carbocycles. The number of nitro benzene ring substituents is 1. The van der Waals surface area contributed by atoms with Gasteiger partial charge in [0.2, 0.25) is 0 Å². The molecule has 2 aromatic carbocycles. The second-order valence-electron chi connectivity index (χ2n) is 4.55. The number of rotatable bonds is 5. The molecule has 6 nitrogen and oxygen atoms in total. The number of hydrogen-bond donors (Lipinski definition) is 2. The second kappa shape index (κ2) is 6.77. The first-order valence-electron chi connectivity index (χ1n) is 6.44. The number of nitrogens with zero attached hydrogens (tertiary/aromatic N) is 1. The van der Waals surface area contributed by atoms with E-state index in [1.807, 2.05) is 0 Å². The fourth-order valence-corrected chi connectivity index (χ4v) is 1.91. The lowest BCUT2D eigenvalue weighted by atomic mass is 10.1. The Morgan fingerprint density at radius 1 is 1.27 bits per heavy atom. The van der Waals surface area contributed by atoms with Gasteiger partial charge < -0.3 is 10.4 Å². The van der Waals surface area contributed by atoms with Gasteiger partial charge in [-0.05, 0) is 12.1 Å². The number of nitrogens with one attached hydrogen (secondary N) is 1. The number of non-ortho nitro benzene ring substituents is 1. The van der Waals surface area contributed by atoms with Crippen molar-refractivity contribution in [2.75, 3.05) is 6.54 Å². The molecular weight excluding hydrogens is 291 g/mol. The van der Waals surface area contributed by atoms with Gasteiger partial charge in [0.15, 0.2) is 0 Å². The van der Waals surface area contributed by atoms with E-state index in [-0.39, 0.29) is 23.4 Å². The molecule has 0 heterocycles. The molecule has 0 aliphatic rings. The minimum Gasteiger partial charge on any atom is -0.386 e. The Morgan fingerprint density at radius 2 is 2.00 bits per heavy atom. The lowest BCUT2D eigenvalue weighted by Crippen LogP contribution is -2.28. The summed E-state index contributed by atoms with van der Waals surface area (Å²) in [6.07, 6.45) is -1.20. The molecule has 2 rings (SSSR count). The van der Waals surface area contributed by atoms with E-state index in [2.05, 4.69) is 5.32 Å². The molecule has 2 N–H and O–H groups in total. The molecule has 7 heteroatoms. The largest absolute Gasteiger partial charge is 0.386 e. The van der Waals surface area contributed by atoms with Crippen molar-refractivity contribution in [2.24, 2.45) is 0 Å². The molecule has 1 atom stereocenters. The van der Waals surface area contributed by atoms with Crippen molar-refractivity contribution in [2.45, 2.75) is 6.10 Å². The average Bonchev–Trinajstić information content (AvgIpc) is 2.52. The summed E-state index contributed by atoms with van der Waals surface area (Å²) >= 11 is 0. The van der Waals surface area contributed by atoms with Crippen molar-refractivity contribution in [3.05, 3.63) is 75.6 Å². The standard InChI is InChI=1S/C15H13FN2O4/c16-13-7-2-1-6-12(13)14(19)9-17-15(20)10-4-3-5-11(8-10)18(21)22/h1-8,14,19H,9H2,(H,17,20). The van der Waals surface area contributed by atoms with E-state index in [0.29, 0.717) is 0 Å². The fraction of sp³-hybridized carbons (Fsp3) is 0.133. The molecule has 0 aromatic heterocycles. The van der Waals surface area contributed by atoms with Crippen LogP contribution < -0.4 is 5.32 Å². The number of aliphatic hydroxyl groups is 1. The normalized spacial score (nSPS) is 11.7. The maximum atomic E-state index is 13.5. The number of nitro groups is 1. The van der Waals surface area contributed by atoms with Crippen LogP contribution >= 0.6 is 0 Å². The first-order valence-corrected chi connectivity index (χ1v) is 6.44. The zero-order valence-corrected chi connectivity index (χ0v) is 11.4. The highest BCUT2D eigenvalue weighted by Crippen LogP contribution is 2.16. The lowest BCUT2D eigenvalue weighted by molar-refractivity contribution is -0.384. The zero-order valence-electron chi connectivity index (χ0n) is 11.4. The van der Waals surface area contributed by atoms with Gasteiger partial charge in [-0.3, -0.25) is 14.9 Å². The third-order valence-corrected chi connectivity index (χ3v) is 3.04. The molecule has 0 aliphatic heterocycles. The Morgan fingerprint density at radius 3 is 2.68 bits per heavy atom. The molecule has 1 unspecified atom stereocenters. The summed E-state index contributed by atoms with van der Waals surface area (Å²) in [6.45, 7) is -0.206. The third-order valence-electron chi connectivity index (χ3n) is 3.04. The van der Waals surface area contributed by atoms with E-state index in [1.165, 1.54) is 36.4 Å². The van der Waals surface area contributed by atoms with Crippen LogP contribution in [-0.4, -0.2) is 22.5 Å². The molecular formula is C15H13FN2O4. The van der Waals surface area contributed by atoms with Gasteiger partial charge in [0.25, 0.3) is 11.6 Å². The SMILES string of the molecule is O=C(NCC(O)c1ccccc1F)c1cccc([N+](=O)[O-])c1. The topological polar surface area (TPSA) is 92.5 Å². The van der Waals surface area contributed by atoms with Crippen LogP contribution in [0.1, 0.15) is 22.0 Å². The first-order chi connectivity index (χ1) is 10.5. The average molecular weight is 304 g/mol. The summed E-state index contributed by atoms with van der Waals surface area (Å²) in [5.41, 5.74) is -0.0425. The van der Waals surface area contributed by atoms with Crippen LogP contribution in [0.4, 0.5) is 10.1 Å². The van der Waals surface area contributed by atoms with Gasteiger partial charge in [-0.15, -0.1) is 0 Å². The number of aliphatic hydroxyl groups excluding tert-OH is 1. The fourth-order valence-electron chi connectivity index (χ4n) is 1.91. The van der Waals surface area contributed by atoms with Gasteiger partial charge in [-0.1, -0.05) is 24.3 Å². The Labute approximate surface area is 125 Å². The van der Waals surface area contributed by atoms with Crippen molar-refractivity contribution in [1.82, 2.24) is 5.32 Å². The van der Waals surface area contributed by atoms with Crippen molar-refractivity contribution >= 4 is 11.6 Å². The summed E-state index contributed by atoms with van der Waals surface area (Å²) in [5.74, 6) is -1.15. The second-order valence-corrected chi connectivity index (χ2v) is 4.55. The van der Waals surface area contributed by atoms with Crippen LogP contribution in [0.25, 0.3) is 0 Å². The Hall–Kier alpha value is -2.80. The van der Waals surface area contributed by atoms with Gasteiger partial charge in [0, 0.05) is 29.8 Å². The van der Waals surface area contributed by atoms with Gasteiger partial charge in [-0.25, -0.2) is 4.39 Å². The summed E-state index contributed by atoms with van der Waals surface area (Å²) in [6, 6.07) is 10.9. The minimum absolute atomic E-state index is 0.0712. The molecule has 114 valence electrons. The number of carbonyl (C=O) groups is 1. The van der Waals surface area contributed by atoms with Crippen molar-refractivity contribution in [1.29, 1.82) is 0 Å². The van der Waals surface area contributed by atoms with Gasteiger partial charge in [0.05, 0.1) is 11.0 Å². The molecule has 0 bridgehead atoms. The quantitative estimate of drug-likeness (QED) is 0.654. The van der Waals surface area contributed by atoms with E-state index in [4.69, 9.17) is 0 Å². The van der Waals surface area contributed by atoms with E-state index in [1.54, 1.807) is 6.07 Å². The van der Waals surface area contributed by atoms with Gasteiger partial charge in [-0.2, -0.15) is 0 Å². The van der Waals surface area contributed by atoms with Crippen molar-refractivity contribution < 1.29 is 19.2 Å². The van der Waals surface area contributed by atoms with Crippen LogP contribution in [0.15, 0.2) is 48.5 Å². The summed E-state index contributed by atoms with van der Waals surface area (Å²) in [5, 5.41) is 22.9. The highest BCUT2D eigenvalue weighted by Gasteiger charge is 2.15. The van der Waals surface area contributed by atoms with Crippen LogP contribution in [-0.2, 0) is 0 Å². The lowest BCUT2D eigenvalue weighted by Gasteiger charge is -2.13. The van der Waals surface area contributed by atoms with Crippen LogP contribution in [0, 0.1) is 15.9 Å². The van der Waals surface area contributed by atoms with Crippen LogP contribution in [0.5, 0.6) is 0 Å². The molecule has 0 aliphatic carbocycles. The number of halogens is 1. The summed E-state index contributed by atoms with van der Waals surface area (Å²) in [4.78, 5) is 22.0. The Bertz CT molecular complexity index is 705. The first kappa shape index (κ1) is 15.6. The highest BCUT2D eigenvalue weighted by molar-refractivity contribution is 5.94. The molecule has 1 amide bonds. The maximum absolute atomic E-state index is 13.5. The number of carbonyl (C=O) groups excluding carboxylic acids is 1. The predicted octanol–water partition coefficient (Wildman–Crippen LogP) is 2.20. The number of benzene rings is 2. The Balaban J connectivity index is 2.02. The van der Waals surface area contributed by atoms with Crippen LogP contribution in [0.3, 0.4) is 0 Å². The maximum Gasteiger partial charge on any atom is 0.270 e. The molecule has 0 fully saturated rings. The van der Waals surface area contributed by atoms with Gasteiger partial charge >= 0.3 is 0 Å². The Kier molecular flexibility index (Phi) is 4.80. The third kappa shape index (κ3) is 3.64. The van der Waals surface area contributed by atoms with Gasteiger partial charge in [0.1, 0.15) is 5.82 Å². The van der Waals surface area contributed by atoms with Crippen molar-refractivity contribution in [3.63, 3.8) is 0 Å². The summed E-state index contributed by atoms with van der Waals surface area (Å²) in [7, 11) is 0. The molecule has 0 spiro atoms. The molecule has 22 heavy (non-hydrogen) atoms. The smallest absolute Gasteiger partial charge is 0.270 e. The molecule has 2 aromatic rings. The number of amides is 1. The monoisotopic (exact) mass is 304 g/mol. The zero-order chi connectivity index (χ0) is 16.1. The molecule has 0 saturated heterocycles. The number of hydrogen-bond acceptors (Lipinski definition) is 4. The van der Waals surface area contributed by atoms with Crippen LogP contribution in [0.2, 0.25) is 0 Å². The van der Waals surface area contributed by atoms with E-state index in [0.717, 1.165) is 6.07 Å². The highest BCUT2D eigenvalue weighted by atomic mass is 19.1. The molecule has 0 radical (unpaired) electrons.